The van der Waals surface area contributed by atoms with Crippen molar-refractivity contribution < 1.29 is 22.7 Å². The first kappa shape index (κ1) is 15.3. The first-order chi connectivity index (χ1) is 9.30. The van der Waals surface area contributed by atoms with Crippen LogP contribution in [0.1, 0.15) is 29.0 Å². The average molecular weight is 356 g/mol. The van der Waals surface area contributed by atoms with Gasteiger partial charge in [0, 0.05) is 20.2 Å². The van der Waals surface area contributed by atoms with E-state index in [0.717, 1.165) is 17.5 Å². The number of nitrogens with zero attached hydrogens (tertiary/aromatic N) is 2. The van der Waals surface area contributed by atoms with Gasteiger partial charge in [-0.1, -0.05) is 0 Å². The fourth-order valence-electron chi connectivity index (χ4n) is 2.02. The van der Waals surface area contributed by atoms with Gasteiger partial charge in [0.05, 0.1) is 10.6 Å². The average Bonchev–Trinajstić information content (AvgIpc) is 2.94. The molecule has 20 heavy (non-hydrogen) atoms. The molecule has 0 spiro atoms. The summed E-state index contributed by atoms with van der Waals surface area (Å²) in [5.41, 5.74) is -1.27. The van der Waals surface area contributed by atoms with Gasteiger partial charge in [-0.2, -0.15) is 18.3 Å². The molecule has 2 rings (SSSR count). The van der Waals surface area contributed by atoms with Gasteiger partial charge < -0.3 is 10.1 Å². The number of nitrogens with one attached hydrogen (secondary N) is 1. The van der Waals surface area contributed by atoms with Crippen molar-refractivity contribution in [3.8, 4) is 0 Å². The highest BCUT2D eigenvalue weighted by molar-refractivity contribution is 9.10. The maximum absolute atomic E-state index is 12.7. The molecular formula is C11H13BrF3N3O2. The number of hydrogen-bond donors (Lipinski definition) is 1. The van der Waals surface area contributed by atoms with Crippen LogP contribution in [0.5, 0.6) is 0 Å². The van der Waals surface area contributed by atoms with Crippen LogP contribution in [0.4, 0.5) is 13.2 Å². The third-order valence-corrected chi connectivity index (χ3v) is 3.74. The molecule has 1 amide bonds. The fraction of sp³-hybridized carbons (Fsp3) is 0.636. The SMILES string of the molecule is Cn1nc(C(F)(F)F)c(Br)c1C(=O)NCC1CCCO1. The van der Waals surface area contributed by atoms with Gasteiger partial charge in [0.2, 0.25) is 0 Å². The van der Waals surface area contributed by atoms with Crippen molar-refractivity contribution in [2.45, 2.75) is 25.1 Å². The zero-order chi connectivity index (χ0) is 14.9. The molecule has 9 heteroatoms. The van der Waals surface area contributed by atoms with Gasteiger partial charge in [0.15, 0.2) is 5.69 Å². The van der Waals surface area contributed by atoms with Crippen LogP contribution in [0.3, 0.4) is 0 Å². The van der Waals surface area contributed by atoms with Crippen LogP contribution in [-0.2, 0) is 18.0 Å². The van der Waals surface area contributed by atoms with E-state index in [-0.39, 0.29) is 22.8 Å². The van der Waals surface area contributed by atoms with E-state index in [1.54, 1.807) is 0 Å². The van der Waals surface area contributed by atoms with Gasteiger partial charge in [0.1, 0.15) is 5.69 Å². The minimum Gasteiger partial charge on any atom is -0.376 e. The zero-order valence-electron chi connectivity index (χ0n) is 10.6. The minimum absolute atomic E-state index is 0.0759. The largest absolute Gasteiger partial charge is 0.436 e. The second kappa shape index (κ2) is 5.72. The summed E-state index contributed by atoms with van der Waals surface area (Å²) in [6.07, 6.45) is -2.92. The lowest BCUT2D eigenvalue weighted by molar-refractivity contribution is -0.142. The molecule has 5 nitrogen and oxygen atoms in total. The Morgan fingerprint density at radius 2 is 2.30 bits per heavy atom. The summed E-state index contributed by atoms with van der Waals surface area (Å²) in [6.45, 7) is 0.923. The number of rotatable bonds is 3. The van der Waals surface area contributed by atoms with Crippen molar-refractivity contribution in [1.29, 1.82) is 0 Å². The standard InChI is InChI=1S/C11H13BrF3N3O2/c1-18-8(7(12)9(17-18)11(13,14)15)10(19)16-5-6-3-2-4-20-6/h6H,2-5H2,1H3,(H,16,19). The first-order valence-corrected chi connectivity index (χ1v) is 6.79. The number of carbonyl (C=O) groups excluding carboxylic acids is 1. The highest BCUT2D eigenvalue weighted by Crippen LogP contribution is 2.35. The van der Waals surface area contributed by atoms with E-state index in [9.17, 15) is 18.0 Å². The van der Waals surface area contributed by atoms with Crippen LogP contribution >= 0.6 is 15.9 Å². The van der Waals surface area contributed by atoms with E-state index in [0.29, 0.717) is 6.61 Å². The monoisotopic (exact) mass is 355 g/mol. The molecule has 2 heterocycles. The van der Waals surface area contributed by atoms with Crippen molar-refractivity contribution in [3.05, 3.63) is 15.9 Å². The number of carbonyl (C=O) groups is 1. The van der Waals surface area contributed by atoms with Crippen molar-refractivity contribution in [2.24, 2.45) is 7.05 Å². The number of aromatic nitrogens is 2. The molecule has 1 aromatic rings. The Morgan fingerprint density at radius 1 is 1.60 bits per heavy atom. The number of alkyl halides is 3. The van der Waals surface area contributed by atoms with Crippen LogP contribution in [0.2, 0.25) is 0 Å². The molecule has 1 unspecified atom stereocenters. The molecule has 0 saturated carbocycles. The Morgan fingerprint density at radius 3 is 2.80 bits per heavy atom. The van der Waals surface area contributed by atoms with Crippen molar-refractivity contribution in [2.75, 3.05) is 13.2 Å². The number of ether oxygens (including phenoxy) is 1. The summed E-state index contributed by atoms with van der Waals surface area (Å²) in [5.74, 6) is -0.613. The zero-order valence-corrected chi connectivity index (χ0v) is 12.2. The molecule has 112 valence electrons. The third kappa shape index (κ3) is 3.14. The van der Waals surface area contributed by atoms with Gasteiger partial charge >= 0.3 is 6.18 Å². The highest BCUT2D eigenvalue weighted by Gasteiger charge is 2.39. The Bertz CT molecular complexity index is 510. The summed E-state index contributed by atoms with van der Waals surface area (Å²) in [5, 5.41) is 5.90. The van der Waals surface area contributed by atoms with Crippen LogP contribution in [0.15, 0.2) is 4.47 Å². The van der Waals surface area contributed by atoms with Crippen molar-refractivity contribution >= 4 is 21.8 Å². The summed E-state index contributed by atoms with van der Waals surface area (Å²) in [6, 6.07) is 0. The molecule has 1 fully saturated rings. The Balaban J connectivity index is 2.11. The Kier molecular flexibility index (Phi) is 4.38. The van der Waals surface area contributed by atoms with E-state index in [2.05, 4.69) is 26.3 Å². The maximum Gasteiger partial charge on any atom is 0.436 e. The predicted octanol–water partition coefficient (Wildman–Crippen LogP) is 2.11. The van der Waals surface area contributed by atoms with Crippen LogP contribution < -0.4 is 5.32 Å². The highest BCUT2D eigenvalue weighted by atomic mass is 79.9. The molecule has 1 aliphatic rings. The van der Waals surface area contributed by atoms with Gasteiger partial charge in [-0.15, -0.1) is 0 Å². The van der Waals surface area contributed by atoms with Crippen LogP contribution in [0, 0.1) is 0 Å². The smallest absolute Gasteiger partial charge is 0.376 e. The fourth-order valence-corrected chi connectivity index (χ4v) is 2.76. The predicted molar refractivity (Wildman–Crippen MR) is 67.2 cm³/mol. The van der Waals surface area contributed by atoms with Crippen molar-refractivity contribution in [3.63, 3.8) is 0 Å². The minimum atomic E-state index is -4.61. The number of halogens is 4. The first-order valence-electron chi connectivity index (χ1n) is 6.00. The Hall–Kier alpha value is -1.09. The molecule has 1 saturated heterocycles. The topological polar surface area (TPSA) is 56.2 Å². The summed E-state index contributed by atoms with van der Waals surface area (Å²) < 4.78 is 43.9. The van der Waals surface area contributed by atoms with Crippen molar-refractivity contribution in [1.82, 2.24) is 15.1 Å². The van der Waals surface area contributed by atoms with Gasteiger partial charge in [-0.3, -0.25) is 9.48 Å². The molecule has 1 aromatic heterocycles. The van der Waals surface area contributed by atoms with E-state index >= 15 is 0 Å². The maximum atomic E-state index is 12.7. The van der Waals surface area contributed by atoms with Crippen LogP contribution in [0.25, 0.3) is 0 Å². The van der Waals surface area contributed by atoms with E-state index in [1.165, 1.54) is 7.05 Å². The summed E-state index contributed by atoms with van der Waals surface area (Å²) >= 11 is 2.80. The molecule has 0 aliphatic carbocycles. The van der Waals surface area contributed by atoms with E-state index in [4.69, 9.17) is 4.74 Å². The molecule has 1 aliphatic heterocycles. The second-order valence-corrected chi connectivity index (χ2v) is 5.27. The molecular weight excluding hydrogens is 343 g/mol. The molecule has 0 radical (unpaired) electrons. The number of hydrogen-bond acceptors (Lipinski definition) is 3. The van der Waals surface area contributed by atoms with Crippen LogP contribution in [-0.4, -0.2) is 34.9 Å². The quantitative estimate of drug-likeness (QED) is 0.903. The van der Waals surface area contributed by atoms with E-state index < -0.39 is 17.8 Å². The normalized spacial score (nSPS) is 19.4. The summed E-state index contributed by atoms with van der Waals surface area (Å²) in [4.78, 5) is 12.0. The lowest BCUT2D eigenvalue weighted by atomic mass is 10.2. The molecule has 0 aromatic carbocycles. The lowest BCUT2D eigenvalue weighted by Gasteiger charge is -2.11. The molecule has 1 N–H and O–H groups in total. The van der Waals surface area contributed by atoms with E-state index in [1.807, 2.05) is 0 Å². The van der Waals surface area contributed by atoms with Gasteiger partial charge in [-0.25, -0.2) is 0 Å². The van der Waals surface area contributed by atoms with Gasteiger partial charge in [0.25, 0.3) is 5.91 Å². The van der Waals surface area contributed by atoms with Gasteiger partial charge in [-0.05, 0) is 28.8 Å². The molecule has 0 bridgehead atoms. The third-order valence-electron chi connectivity index (χ3n) is 2.99. The number of aryl methyl sites for hydroxylation is 1. The second-order valence-electron chi connectivity index (χ2n) is 4.48. The Labute approximate surface area is 121 Å². The summed E-state index contributed by atoms with van der Waals surface area (Å²) in [7, 11) is 1.29. The lowest BCUT2D eigenvalue weighted by Crippen LogP contribution is -2.33. The molecule has 1 atom stereocenters. The number of amides is 1.